The maximum atomic E-state index is 11.7. The van der Waals surface area contributed by atoms with E-state index in [1.165, 1.54) is 0 Å². The van der Waals surface area contributed by atoms with Crippen molar-refractivity contribution in [2.24, 2.45) is 5.73 Å². The Kier molecular flexibility index (Phi) is 4.61. The Hall–Kier alpha value is -1.60. The summed E-state index contributed by atoms with van der Waals surface area (Å²) < 4.78 is 23.2. The van der Waals surface area contributed by atoms with Gasteiger partial charge in [0.15, 0.2) is 9.84 Å². The Balaban J connectivity index is 1.83. The van der Waals surface area contributed by atoms with Crippen LogP contribution < -0.4 is 16.4 Å². The van der Waals surface area contributed by atoms with E-state index in [4.69, 9.17) is 5.73 Å². The Morgan fingerprint density at radius 2 is 2.00 bits per heavy atom. The lowest BCUT2D eigenvalue weighted by molar-refractivity contribution is 0.252. The molecule has 1 aromatic carbocycles. The molecule has 0 saturated carbocycles. The summed E-state index contributed by atoms with van der Waals surface area (Å²) in [6, 6.07) is 6.78. The molecule has 110 valence electrons. The van der Waals surface area contributed by atoms with E-state index in [-0.39, 0.29) is 12.3 Å². The number of sulfone groups is 1. The van der Waals surface area contributed by atoms with Crippen molar-refractivity contribution in [1.82, 2.24) is 5.32 Å². The van der Waals surface area contributed by atoms with Crippen LogP contribution in [0, 0.1) is 0 Å². The smallest absolute Gasteiger partial charge is 0.319 e. The molecule has 1 heterocycles. The first-order chi connectivity index (χ1) is 9.51. The zero-order valence-corrected chi connectivity index (χ0v) is 11.9. The Bertz CT molecular complexity index is 569. The predicted molar refractivity (Wildman–Crippen MR) is 78.2 cm³/mol. The third-order valence-corrected chi connectivity index (χ3v) is 5.68. The van der Waals surface area contributed by atoms with Gasteiger partial charge in [0.2, 0.25) is 0 Å². The van der Waals surface area contributed by atoms with Crippen LogP contribution in [0.3, 0.4) is 0 Å². The summed E-state index contributed by atoms with van der Waals surface area (Å²) in [5.41, 5.74) is 7.11. The molecule has 1 aromatic rings. The summed E-state index contributed by atoms with van der Waals surface area (Å²) in [5, 5.41) is 4.81. The average molecular weight is 297 g/mol. The minimum absolute atomic E-state index is 0.162. The number of amides is 2. The Labute approximate surface area is 118 Å². The second kappa shape index (κ2) is 6.23. The van der Waals surface area contributed by atoms with Gasteiger partial charge in [-0.3, -0.25) is 0 Å². The number of carbonyl (C=O) groups excluding carboxylic acids is 1. The number of hydrogen-bond donors (Lipinski definition) is 3. The largest absolute Gasteiger partial charge is 0.337 e. The maximum Gasteiger partial charge on any atom is 0.319 e. The molecular formula is C13H19N3O3S. The van der Waals surface area contributed by atoms with Crippen molar-refractivity contribution in [3.05, 3.63) is 29.8 Å². The first-order valence-corrected chi connectivity index (χ1v) is 8.28. The lowest BCUT2D eigenvalue weighted by atomic mass is 10.2. The van der Waals surface area contributed by atoms with Crippen LogP contribution in [0.25, 0.3) is 0 Å². The van der Waals surface area contributed by atoms with Gasteiger partial charge in [0.1, 0.15) is 0 Å². The van der Waals surface area contributed by atoms with Crippen LogP contribution in [-0.4, -0.2) is 32.0 Å². The number of carbonyl (C=O) groups is 1. The highest BCUT2D eigenvalue weighted by atomic mass is 32.2. The van der Waals surface area contributed by atoms with E-state index in [1.54, 1.807) is 12.1 Å². The van der Waals surface area contributed by atoms with Crippen LogP contribution in [0.15, 0.2) is 24.3 Å². The summed E-state index contributed by atoms with van der Waals surface area (Å²) in [5.74, 6) is 0.224. The van der Waals surface area contributed by atoms with Crippen LogP contribution >= 0.6 is 0 Å². The predicted octanol–water partition coefficient (Wildman–Crippen LogP) is 0.844. The fourth-order valence-electron chi connectivity index (χ4n) is 2.19. The van der Waals surface area contributed by atoms with E-state index in [9.17, 15) is 13.2 Å². The molecule has 1 aliphatic heterocycles. The average Bonchev–Trinajstić information content (AvgIpc) is 2.76. The van der Waals surface area contributed by atoms with E-state index in [0.717, 1.165) is 5.56 Å². The second-order valence-electron chi connectivity index (χ2n) is 4.87. The molecule has 2 amide bonds. The Morgan fingerprint density at radius 1 is 1.30 bits per heavy atom. The highest BCUT2D eigenvalue weighted by Crippen LogP contribution is 2.19. The third-order valence-electron chi connectivity index (χ3n) is 3.40. The number of rotatable bonds is 4. The van der Waals surface area contributed by atoms with Crippen LogP contribution in [0.5, 0.6) is 0 Å². The molecule has 4 N–H and O–H groups in total. The Morgan fingerprint density at radius 3 is 2.55 bits per heavy atom. The van der Waals surface area contributed by atoms with Gasteiger partial charge in [0.25, 0.3) is 0 Å². The van der Waals surface area contributed by atoms with Crippen molar-refractivity contribution in [2.75, 3.05) is 17.6 Å². The van der Waals surface area contributed by atoms with Gasteiger partial charge in [-0.1, -0.05) is 12.1 Å². The topological polar surface area (TPSA) is 101 Å². The molecule has 0 bridgehead atoms. The van der Waals surface area contributed by atoms with Gasteiger partial charge in [-0.25, -0.2) is 13.2 Å². The first-order valence-electron chi connectivity index (χ1n) is 6.57. The van der Waals surface area contributed by atoms with Crippen molar-refractivity contribution in [1.29, 1.82) is 0 Å². The lowest BCUT2D eigenvalue weighted by Crippen LogP contribution is -2.37. The molecule has 1 fully saturated rings. The number of hydrogen-bond acceptors (Lipinski definition) is 4. The number of urea groups is 1. The van der Waals surface area contributed by atoms with Gasteiger partial charge < -0.3 is 16.4 Å². The molecule has 20 heavy (non-hydrogen) atoms. The van der Waals surface area contributed by atoms with E-state index >= 15 is 0 Å². The van der Waals surface area contributed by atoms with Gasteiger partial charge >= 0.3 is 6.03 Å². The van der Waals surface area contributed by atoms with Crippen LogP contribution in [0.4, 0.5) is 10.5 Å². The molecule has 0 aromatic heterocycles. The minimum Gasteiger partial charge on any atom is -0.337 e. The highest BCUT2D eigenvalue weighted by molar-refractivity contribution is 7.92. The maximum absolute atomic E-state index is 11.7. The molecule has 6 nitrogen and oxygen atoms in total. The minimum atomic E-state index is -3.02. The van der Waals surface area contributed by atoms with E-state index < -0.39 is 21.1 Å². The number of anilines is 1. The van der Waals surface area contributed by atoms with Crippen LogP contribution in [-0.2, 0) is 16.4 Å². The lowest BCUT2D eigenvalue weighted by Gasteiger charge is -2.12. The normalized spacial score (nSPS) is 20.6. The molecule has 0 aliphatic carbocycles. The van der Waals surface area contributed by atoms with Crippen LogP contribution in [0.2, 0.25) is 0 Å². The zero-order valence-electron chi connectivity index (χ0n) is 11.1. The molecule has 1 unspecified atom stereocenters. The summed E-state index contributed by atoms with van der Waals surface area (Å²) >= 11 is 0. The van der Waals surface area contributed by atoms with Crippen molar-refractivity contribution in [3.8, 4) is 0 Å². The van der Waals surface area contributed by atoms with Crippen molar-refractivity contribution < 1.29 is 13.2 Å². The molecule has 2 rings (SSSR count). The van der Waals surface area contributed by atoms with Gasteiger partial charge in [-0.2, -0.15) is 0 Å². The third kappa shape index (κ3) is 3.71. The second-order valence-corrected chi connectivity index (χ2v) is 7.27. The van der Waals surface area contributed by atoms with Crippen molar-refractivity contribution in [2.45, 2.75) is 24.6 Å². The van der Waals surface area contributed by atoms with Crippen LogP contribution in [0.1, 0.15) is 18.4 Å². The number of nitrogens with one attached hydrogen (secondary N) is 2. The molecule has 1 saturated heterocycles. The fourth-order valence-corrected chi connectivity index (χ4v) is 3.96. The van der Waals surface area contributed by atoms with Gasteiger partial charge in [0, 0.05) is 18.8 Å². The van der Waals surface area contributed by atoms with Crippen molar-refractivity contribution >= 4 is 21.6 Å². The van der Waals surface area contributed by atoms with Gasteiger partial charge in [0.05, 0.1) is 11.0 Å². The quantitative estimate of drug-likeness (QED) is 0.766. The van der Waals surface area contributed by atoms with E-state index in [1.807, 2.05) is 12.1 Å². The molecule has 1 atom stereocenters. The molecule has 7 heteroatoms. The van der Waals surface area contributed by atoms with Gasteiger partial charge in [-0.05, 0) is 30.5 Å². The van der Waals surface area contributed by atoms with Gasteiger partial charge in [-0.15, -0.1) is 0 Å². The van der Waals surface area contributed by atoms with E-state index in [0.29, 0.717) is 25.1 Å². The monoisotopic (exact) mass is 297 g/mol. The number of benzene rings is 1. The summed E-state index contributed by atoms with van der Waals surface area (Å²) in [6.07, 6.45) is 1.30. The SMILES string of the molecule is NCc1ccc(NC(=O)NCC2CCCS2(=O)=O)cc1. The van der Waals surface area contributed by atoms with Crippen molar-refractivity contribution in [3.63, 3.8) is 0 Å². The summed E-state index contributed by atoms with van der Waals surface area (Å²) in [7, 11) is -3.02. The molecule has 0 radical (unpaired) electrons. The zero-order chi connectivity index (χ0) is 14.6. The standard InChI is InChI=1S/C13H19N3O3S/c14-8-10-3-5-11(6-4-10)16-13(17)15-9-12-2-1-7-20(12,18)19/h3-6,12H,1-2,7-9,14H2,(H2,15,16,17). The first kappa shape index (κ1) is 14.8. The van der Waals surface area contributed by atoms with E-state index in [2.05, 4.69) is 10.6 Å². The molecule has 0 spiro atoms. The summed E-state index contributed by atoms with van der Waals surface area (Å²) in [4.78, 5) is 11.7. The molecule has 1 aliphatic rings. The molecular weight excluding hydrogens is 278 g/mol. The number of nitrogens with two attached hydrogens (primary N) is 1. The highest BCUT2D eigenvalue weighted by Gasteiger charge is 2.31. The fraction of sp³-hybridized carbons (Fsp3) is 0.462. The summed E-state index contributed by atoms with van der Waals surface area (Å²) in [6.45, 7) is 0.612.